The maximum atomic E-state index is 11.4. The van der Waals surface area contributed by atoms with Gasteiger partial charge >= 0.3 is 10.3 Å². The molecule has 7 nitrogen and oxygen atoms in total. The van der Waals surface area contributed by atoms with E-state index >= 15 is 0 Å². The summed E-state index contributed by atoms with van der Waals surface area (Å²) < 4.78 is 27.9. The molecule has 160 valence electrons. The summed E-state index contributed by atoms with van der Waals surface area (Å²) in [5, 5.41) is 16.3. The van der Waals surface area contributed by atoms with E-state index in [0.29, 0.717) is 29.9 Å². The first-order valence-electron chi connectivity index (χ1n) is 10.6. The molecule has 5 atom stereocenters. The second-order valence-corrected chi connectivity index (χ2v) is 10.5. The molecule has 0 amide bonds. The van der Waals surface area contributed by atoms with Gasteiger partial charge in [0.05, 0.1) is 0 Å². The predicted octanol–water partition coefficient (Wildman–Crippen LogP) is 3.58. The predicted molar refractivity (Wildman–Crippen MR) is 110 cm³/mol. The van der Waals surface area contributed by atoms with Crippen LogP contribution in [-0.4, -0.2) is 19.9 Å². The lowest BCUT2D eigenvalue weighted by atomic mass is 9.54. The fourth-order valence-electron chi connectivity index (χ4n) is 6.71. The number of hydrogen-bond donors (Lipinski definition) is 1. The standard InChI is InChI=1S/C21H30N2O5S/c1-3-13-10-18-14(11-20(13)28-29(22,26)27)4-6-17-16(18)8-9-21(2)15(12-23(24)25)5-7-19(17)21/h10-11,15-17,19H,3-9,12H2,1-2H3,(H2,22,26,27)/t15-,16?,17?,19?,21-/m1/s1. The smallest absolute Gasteiger partial charge is 0.371 e. The van der Waals surface area contributed by atoms with Crippen molar-refractivity contribution in [2.45, 2.75) is 64.7 Å². The molecule has 0 radical (unpaired) electrons. The second-order valence-electron chi connectivity index (χ2n) is 9.34. The Hall–Kier alpha value is -1.67. The first kappa shape index (κ1) is 20.6. The summed E-state index contributed by atoms with van der Waals surface area (Å²) in [4.78, 5) is 11.0. The van der Waals surface area contributed by atoms with Crippen molar-refractivity contribution in [1.29, 1.82) is 0 Å². The lowest BCUT2D eigenvalue weighted by molar-refractivity contribution is -0.491. The zero-order valence-electron chi connectivity index (χ0n) is 17.1. The van der Waals surface area contributed by atoms with Gasteiger partial charge in [0, 0.05) is 10.8 Å². The van der Waals surface area contributed by atoms with E-state index in [2.05, 4.69) is 13.0 Å². The average molecular weight is 423 g/mol. The minimum absolute atomic E-state index is 0.0655. The van der Waals surface area contributed by atoms with E-state index < -0.39 is 10.3 Å². The zero-order chi connectivity index (χ0) is 21.0. The summed E-state index contributed by atoms with van der Waals surface area (Å²) in [5.74, 6) is 2.05. The van der Waals surface area contributed by atoms with Crippen LogP contribution in [0.25, 0.3) is 0 Å². The Bertz CT molecular complexity index is 931. The zero-order valence-corrected chi connectivity index (χ0v) is 17.9. The Morgan fingerprint density at radius 1 is 1.28 bits per heavy atom. The third kappa shape index (κ3) is 3.65. The van der Waals surface area contributed by atoms with Crippen molar-refractivity contribution in [2.24, 2.45) is 28.3 Å². The van der Waals surface area contributed by atoms with E-state index in [4.69, 9.17) is 9.32 Å². The molecule has 0 bridgehead atoms. The summed E-state index contributed by atoms with van der Waals surface area (Å²) in [6.45, 7) is 4.36. The second kappa shape index (κ2) is 7.23. The number of benzene rings is 1. The molecule has 0 aromatic heterocycles. The normalized spacial score (nSPS) is 33.5. The van der Waals surface area contributed by atoms with E-state index in [-0.39, 0.29) is 22.8 Å². The van der Waals surface area contributed by atoms with Crippen LogP contribution < -0.4 is 9.32 Å². The molecule has 0 aliphatic heterocycles. The molecule has 1 aromatic carbocycles. The maximum absolute atomic E-state index is 11.4. The fourth-order valence-corrected chi connectivity index (χ4v) is 7.12. The Morgan fingerprint density at radius 3 is 2.69 bits per heavy atom. The summed E-state index contributed by atoms with van der Waals surface area (Å²) in [6, 6.07) is 3.99. The van der Waals surface area contributed by atoms with Crippen molar-refractivity contribution in [3.05, 3.63) is 38.9 Å². The Labute approximate surface area is 172 Å². The number of rotatable bonds is 5. The monoisotopic (exact) mass is 422 g/mol. The van der Waals surface area contributed by atoms with Crippen molar-refractivity contribution in [1.82, 2.24) is 0 Å². The van der Waals surface area contributed by atoms with Gasteiger partial charge < -0.3 is 4.18 Å². The lowest BCUT2D eigenvalue weighted by Gasteiger charge is -2.50. The molecule has 29 heavy (non-hydrogen) atoms. The number of nitrogens with zero attached hydrogens (tertiary/aromatic N) is 1. The van der Waals surface area contributed by atoms with E-state index in [1.165, 1.54) is 5.56 Å². The third-order valence-electron chi connectivity index (χ3n) is 8.06. The Kier molecular flexibility index (Phi) is 5.14. The molecule has 3 unspecified atom stereocenters. The van der Waals surface area contributed by atoms with Crippen LogP contribution in [0.2, 0.25) is 0 Å². The highest BCUT2D eigenvalue weighted by Gasteiger charge is 2.55. The highest BCUT2D eigenvalue weighted by Crippen LogP contribution is 2.63. The van der Waals surface area contributed by atoms with E-state index in [9.17, 15) is 18.5 Å². The quantitative estimate of drug-likeness (QED) is 0.576. The van der Waals surface area contributed by atoms with Gasteiger partial charge in [-0.05, 0) is 90.9 Å². The van der Waals surface area contributed by atoms with Gasteiger partial charge in [-0.15, -0.1) is 0 Å². The lowest BCUT2D eigenvalue weighted by Crippen LogP contribution is -2.43. The molecule has 2 saturated carbocycles. The Balaban J connectivity index is 1.65. The molecule has 4 rings (SSSR count). The van der Waals surface area contributed by atoms with Crippen LogP contribution in [-0.2, 0) is 23.1 Å². The largest absolute Gasteiger partial charge is 0.380 e. The van der Waals surface area contributed by atoms with E-state index in [1.807, 2.05) is 13.0 Å². The van der Waals surface area contributed by atoms with Crippen molar-refractivity contribution in [3.8, 4) is 5.75 Å². The first-order valence-corrected chi connectivity index (χ1v) is 12.1. The molecule has 0 spiro atoms. The van der Waals surface area contributed by atoms with Crippen molar-refractivity contribution in [2.75, 3.05) is 6.54 Å². The van der Waals surface area contributed by atoms with Crippen LogP contribution in [0.1, 0.15) is 68.6 Å². The fraction of sp³-hybridized carbons (Fsp3) is 0.714. The summed E-state index contributed by atoms with van der Waals surface area (Å²) in [6.07, 6.45) is 6.70. The van der Waals surface area contributed by atoms with Gasteiger partial charge in [0.2, 0.25) is 6.54 Å². The van der Waals surface area contributed by atoms with Crippen LogP contribution in [0.15, 0.2) is 12.1 Å². The molecule has 0 saturated heterocycles. The molecular weight excluding hydrogens is 392 g/mol. The molecule has 3 aliphatic carbocycles. The molecule has 8 heteroatoms. The SMILES string of the molecule is CCc1cc2c(cc1OS(N)(=O)=O)CCC1C2CC[C@@]2(C)C1CC[C@@H]2C[N+](=O)[O-]. The van der Waals surface area contributed by atoms with Gasteiger partial charge in [-0.25, -0.2) is 0 Å². The van der Waals surface area contributed by atoms with Crippen molar-refractivity contribution in [3.63, 3.8) is 0 Å². The van der Waals surface area contributed by atoms with Crippen LogP contribution in [0.4, 0.5) is 0 Å². The number of fused-ring (bicyclic) bond motifs is 5. The van der Waals surface area contributed by atoms with Crippen LogP contribution >= 0.6 is 0 Å². The van der Waals surface area contributed by atoms with Crippen molar-refractivity contribution >= 4 is 10.3 Å². The molecule has 2 fully saturated rings. The van der Waals surface area contributed by atoms with Gasteiger partial charge in [0.1, 0.15) is 5.75 Å². The number of nitro groups is 1. The highest BCUT2D eigenvalue weighted by molar-refractivity contribution is 7.84. The van der Waals surface area contributed by atoms with Gasteiger partial charge in [0.15, 0.2) is 0 Å². The molecule has 3 aliphatic rings. The first-order chi connectivity index (χ1) is 13.6. The number of aryl methyl sites for hydroxylation is 2. The minimum Gasteiger partial charge on any atom is -0.371 e. The molecule has 0 heterocycles. The molecular formula is C21H30N2O5S. The van der Waals surface area contributed by atoms with Gasteiger partial charge in [-0.3, -0.25) is 10.1 Å². The molecule has 2 N–H and O–H groups in total. The maximum Gasteiger partial charge on any atom is 0.380 e. The summed E-state index contributed by atoms with van der Waals surface area (Å²) in [7, 11) is -4.05. The average Bonchev–Trinajstić information content (AvgIpc) is 2.95. The van der Waals surface area contributed by atoms with Crippen molar-refractivity contribution < 1.29 is 17.5 Å². The minimum atomic E-state index is -4.05. The van der Waals surface area contributed by atoms with Gasteiger partial charge in [-0.2, -0.15) is 13.6 Å². The topological polar surface area (TPSA) is 113 Å². The summed E-state index contributed by atoms with van der Waals surface area (Å²) >= 11 is 0. The van der Waals surface area contributed by atoms with E-state index in [0.717, 1.165) is 49.7 Å². The van der Waals surface area contributed by atoms with Crippen LogP contribution in [0.5, 0.6) is 5.75 Å². The van der Waals surface area contributed by atoms with Gasteiger partial charge in [0.25, 0.3) is 0 Å². The molecule has 1 aromatic rings. The van der Waals surface area contributed by atoms with Gasteiger partial charge in [-0.1, -0.05) is 19.9 Å². The van der Waals surface area contributed by atoms with Crippen LogP contribution in [0, 0.1) is 33.3 Å². The van der Waals surface area contributed by atoms with E-state index in [1.54, 1.807) is 0 Å². The number of hydrogen-bond acceptors (Lipinski definition) is 5. The Morgan fingerprint density at radius 2 is 2.03 bits per heavy atom. The summed E-state index contributed by atoms with van der Waals surface area (Å²) in [5.41, 5.74) is 3.41. The highest BCUT2D eigenvalue weighted by atomic mass is 32.2. The third-order valence-corrected chi connectivity index (χ3v) is 8.47. The number of nitrogens with two attached hydrogens (primary N) is 1. The van der Waals surface area contributed by atoms with Crippen LogP contribution in [0.3, 0.4) is 0 Å².